The van der Waals surface area contributed by atoms with E-state index in [0.717, 1.165) is 17.3 Å². The van der Waals surface area contributed by atoms with Gasteiger partial charge in [0, 0.05) is 39.5 Å². The first-order chi connectivity index (χ1) is 24.4. The maximum atomic E-state index is 15.7. The van der Waals surface area contributed by atoms with Crippen LogP contribution in [0.25, 0.3) is 5.69 Å². The normalized spacial score (nSPS) is 12.3. The van der Waals surface area contributed by atoms with Gasteiger partial charge in [0.2, 0.25) is 0 Å². The first kappa shape index (κ1) is 40.4. The number of amides is 1. The van der Waals surface area contributed by atoms with Crippen LogP contribution >= 0.6 is 35.0 Å². The number of methoxy groups -OCH3 is 1. The number of guanidine groups is 1. The van der Waals surface area contributed by atoms with E-state index in [4.69, 9.17) is 44.1 Å². The maximum Gasteiger partial charge on any atom is 0.329 e. The lowest BCUT2D eigenvalue weighted by Crippen LogP contribution is -2.44. The molecule has 0 saturated carbocycles. The Morgan fingerprint density at radius 3 is 2.33 bits per heavy atom. The number of rotatable bonds is 14. The van der Waals surface area contributed by atoms with Crippen LogP contribution in [-0.4, -0.2) is 52.7 Å². The number of aromatic nitrogens is 2. The number of thioether (sulfide) groups is 1. The number of nitrogens with two attached hydrogens (primary N) is 2. The highest BCUT2D eigenvalue weighted by Gasteiger charge is 2.31. The lowest BCUT2D eigenvalue weighted by Gasteiger charge is -2.28. The molecule has 3 aromatic carbocycles. The predicted octanol–water partition coefficient (Wildman–Crippen LogP) is 7.58. The molecule has 1 unspecified atom stereocenters. The molecule has 5 N–H and O–H groups in total. The molecule has 1 amide bonds. The first-order valence-corrected chi connectivity index (χ1v) is 18.0. The zero-order valence-electron chi connectivity index (χ0n) is 29.7. The van der Waals surface area contributed by atoms with Crippen molar-refractivity contribution in [3.05, 3.63) is 105 Å². The van der Waals surface area contributed by atoms with E-state index < -0.39 is 40.6 Å². The van der Waals surface area contributed by atoms with E-state index in [-0.39, 0.29) is 40.8 Å². The van der Waals surface area contributed by atoms with Gasteiger partial charge in [-0.2, -0.15) is 0 Å². The number of nitrogens with zero attached hydrogens (tertiary/aromatic N) is 3. The van der Waals surface area contributed by atoms with Gasteiger partial charge >= 0.3 is 5.97 Å². The van der Waals surface area contributed by atoms with Crippen LogP contribution in [-0.2, 0) is 20.7 Å². The van der Waals surface area contributed by atoms with Crippen molar-refractivity contribution in [2.24, 2.45) is 16.5 Å². The van der Waals surface area contributed by atoms with Gasteiger partial charge in [-0.1, -0.05) is 54.9 Å². The Labute approximate surface area is 316 Å². The highest BCUT2D eigenvalue weighted by atomic mass is 35.5. The quantitative estimate of drug-likeness (QED) is 0.0391. The van der Waals surface area contributed by atoms with Gasteiger partial charge in [-0.15, -0.1) is 0 Å². The van der Waals surface area contributed by atoms with Crippen molar-refractivity contribution < 1.29 is 27.8 Å². The molecular formula is C37H42Cl2F2N6O4S. The predicted molar refractivity (Wildman–Crippen MR) is 202 cm³/mol. The molecule has 0 aliphatic rings. The molecule has 1 aromatic heterocycles. The fourth-order valence-electron chi connectivity index (χ4n) is 5.29. The number of hydrogen-bond donors (Lipinski definition) is 3. The van der Waals surface area contributed by atoms with Crippen LogP contribution in [0.3, 0.4) is 0 Å². The van der Waals surface area contributed by atoms with Gasteiger partial charge in [0.25, 0.3) is 5.91 Å². The van der Waals surface area contributed by atoms with Gasteiger partial charge in [-0.3, -0.25) is 14.4 Å². The van der Waals surface area contributed by atoms with Crippen LogP contribution in [0.2, 0.25) is 10.0 Å². The highest BCUT2D eigenvalue weighted by Crippen LogP contribution is 2.40. The summed E-state index contributed by atoms with van der Waals surface area (Å²) in [5.41, 5.74) is 11.7. The van der Waals surface area contributed by atoms with Crippen LogP contribution in [0.1, 0.15) is 74.6 Å². The third-order valence-electron chi connectivity index (χ3n) is 8.02. The SMILES string of the molecule is COc1cc(C(C)(C)c2cnc(SCc3c(F)cc(C(=O)NC(CCCN=C(N)N)C(=O)OC(C)(C)C)cc3Cl)n2-c2ccc(F)cc2)ccc1Cl. The summed E-state index contributed by atoms with van der Waals surface area (Å²) in [5.74, 6) is -2.02. The summed E-state index contributed by atoms with van der Waals surface area (Å²) in [6.45, 7) is 9.38. The number of ether oxygens (including phenoxy) is 2. The number of aliphatic imine (C=N–C) groups is 1. The zero-order chi connectivity index (χ0) is 38.4. The van der Waals surface area contributed by atoms with E-state index in [1.807, 2.05) is 30.5 Å². The van der Waals surface area contributed by atoms with Crippen molar-refractivity contribution in [2.75, 3.05) is 13.7 Å². The van der Waals surface area contributed by atoms with Gasteiger partial charge in [0.15, 0.2) is 11.1 Å². The molecule has 278 valence electrons. The van der Waals surface area contributed by atoms with Crippen molar-refractivity contribution >= 4 is 52.8 Å². The number of halogens is 4. The van der Waals surface area contributed by atoms with E-state index in [1.165, 1.54) is 30.0 Å². The Kier molecular flexibility index (Phi) is 13.2. The second-order valence-corrected chi connectivity index (χ2v) is 15.2. The number of carbonyl (C=O) groups excluding carboxylic acids is 2. The van der Waals surface area contributed by atoms with Crippen LogP contribution in [0.5, 0.6) is 5.75 Å². The molecule has 4 rings (SSSR count). The Morgan fingerprint density at radius 1 is 1.02 bits per heavy atom. The minimum Gasteiger partial charge on any atom is -0.495 e. The summed E-state index contributed by atoms with van der Waals surface area (Å²) in [7, 11) is 1.54. The third kappa shape index (κ3) is 10.2. The van der Waals surface area contributed by atoms with Crippen molar-refractivity contribution in [3.63, 3.8) is 0 Å². The second kappa shape index (κ2) is 17.0. The van der Waals surface area contributed by atoms with E-state index in [0.29, 0.717) is 28.0 Å². The second-order valence-electron chi connectivity index (χ2n) is 13.4. The molecular weight excluding hydrogens is 733 g/mol. The van der Waals surface area contributed by atoms with E-state index >= 15 is 4.39 Å². The average molecular weight is 776 g/mol. The summed E-state index contributed by atoms with van der Waals surface area (Å²) in [6, 6.07) is 12.8. The molecule has 52 heavy (non-hydrogen) atoms. The third-order valence-corrected chi connectivity index (χ3v) is 9.65. The molecule has 0 aliphatic carbocycles. The molecule has 4 aromatic rings. The highest BCUT2D eigenvalue weighted by molar-refractivity contribution is 7.98. The van der Waals surface area contributed by atoms with Crippen molar-refractivity contribution in [3.8, 4) is 11.4 Å². The molecule has 0 aliphatic heterocycles. The minimum absolute atomic E-state index is 0.00734. The van der Waals surface area contributed by atoms with E-state index in [2.05, 4.69) is 15.3 Å². The van der Waals surface area contributed by atoms with E-state index in [9.17, 15) is 14.0 Å². The Hall–Kier alpha value is -4.33. The molecule has 1 heterocycles. The lowest BCUT2D eigenvalue weighted by molar-refractivity contribution is -0.157. The van der Waals surface area contributed by atoms with Crippen LogP contribution in [0.4, 0.5) is 8.78 Å². The molecule has 0 saturated heterocycles. The van der Waals surface area contributed by atoms with Crippen molar-refractivity contribution in [1.82, 2.24) is 14.9 Å². The number of benzene rings is 3. The number of imidazole rings is 1. The van der Waals surface area contributed by atoms with Crippen molar-refractivity contribution in [2.45, 2.75) is 75.4 Å². The van der Waals surface area contributed by atoms with E-state index in [1.54, 1.807) is 52.3 Å². The van der Waals surface area contributed by atoms with Gasteiger partial charge in [-0.25, -0.2) is 18.6 Å². The van der Waals surface area contributed by atoms with Gasteiger partial charge < -0.3 is 26.3 Å². The summed E-state index contributed by atoms with van der Waals surface area (Å²) in [5, 5.41) is 3.60. The standard InChI is InChI=1S/C37H42Cl2F2N6O4S/c1-36(2,3)51-33(49)29(8-7-15-44-34(42)43)46-32(48)21-16-27(39)25(28(41)17-21)20-52-35-45-19-31(47(35)24-12-10-23(40)11-13-24)37(4,5)22-9-14-26(38)30(18-22)50-6/h9-14,16-19,29H,7-8,15,20H2,1-6H3,(H,46,48)(H4,42,43,44). The Morgan fingerprint density at radius 2 is 1.71 bits per heavy atom. The minimum atomic E-state index is -1.05. The maximum absolute atomic E-state index is 15.7. The van der Waals surface area contributed by atoms with Gasteiger partial charge in [-0.05, 0) is 87.7 Å². The molecule has 10 nitrogen and oxygen atoms in total. The summed E-state index contributed by atoms with van der Waals surface area (Å²) >= 11 is 14.1. The largest absolute Gasteiger partial charge is 0.495 e. The molecule has 1 atom stereocenters. The summed E-state index contributed by atoms with van der Waals surface area (Å²) in [4.78, 5) is 34.8. The summed E-state index contributed by atoms with van der Waals surface area (Å²) < 4.78 is 42.5. The van der Waals surface area contributed by atoms with Crippen LogP contribution in [0.15, 0.2) is 70.9 Å². The number of carbonyl (C=O) groups is 2. The molecule has 0 spiro atoms. The van der Waals surface area contributed by atoms with Gasteiger partial charge in [0.1, 0.15) is 29.0 Å². The monoisotopic (exact) mass is 774 g/mol. The average Bonchev–Trinajstić information content (AvgIpc) is 3.50. The Balaban J connectivity index is 1.60. The zero-order valence-corrected chi connectivity index (χ0v) is 32.1. The summed E-state index contributed by atoms with van der Waals surface area (Å²) in [6.07, 6.45) is 2.26. The van der Waals surface area contributed by atoms with Crippen molar-refractivity contribution in [1.29, 1.82) is 0 Å². The number of hydrogen-bond acceptors (Lipinski definition) is 7. The fraction of sp³-hybridized carbons (Fsp3) is 0.351. The molecule has 0 fully saturated rings. The van der Waals surface area contributed by atoms with Crippen LogP contribution < -0.4 is 21.5 Å². The van der Waals surface area contributed by atoms with Gasteiger partial charge in [0.05, 0.1) is 24.0 Å². The first-order valence-electron chi connectivity index (χ1n) is 16.3. The molecule has 0 radical (unpaired) electrons. The topological polar surface area (TPSA) is 147 Å². The smallest absolute Gasteiger partial charge is 0.329 e. The molecule has 15 heteroatoms. The van der Waals surface area contributed by atoms with Crippen LogP contribution in [0, 0.1) is 11.6 Å². The number of esters is 1. The number of nitrogens with one attached hydrogen (secondary N) is 1. The fourth-order valence-corrected chi connectivity index (χ4v) is 6.86. The Bertz CT molecular complexity index is 1920. The molecule has 0 bridgehead atoms. The lowest BCUT2D eigenvalue weighted by atomic mass is 9.81.